The number of hydrogen-bond donors (Lipinski definition) is 2. The maximum atomic E-state index is 11.7. The summed E-state index contributed by atoms with van der Waals surface area (Å²) in [5, 5.41) is 26.4. The van der Waals surface area contributed by atoms with Gasteiger partial charge in [0.15, 0.2) is 0 Å². The monoisotopic (exact) mass is 469 g/mol. The summed E-state index contributed by atoms with van der Waals surface area (Å²) in [6.45, 7) is 14.0. The second kappa shape index (κ2) is 8.20. The van der Waals surface area contributed by atoms with E-state index < -0.39 is 6.10 Å². The van der Waals surface area contributed by atoms with Crippen molar-refractivity contribution >= 4 is 0 Å². The van der Waals surface area contributed by atoms with E-state index in [9.17, 15) is 10.2 Å². The Balaban J connectivity index is 0.00000117. The van der Waals surface area contributed by atoms with Gasteiger partial charge in [0, 0.05) is 18.6 Å². The van der Waals surface area contributed by atoms with Crippen molar-refractivity contribution in [1.29, 1.82) is 0 Å². The lowest BCUT2D eigenvalue weighted by molar-refractivity contribution is -0.152. The molecule has 6 rings (SSSR count). The van der Waals surface area contributed by atoms with Gasteiger partial charge in [-0.1, -0.05) is 58.3 Å². The third-order valence-electron chi connectivity index (χ3n) is 11.5. The Morgan fingerprint density at radius 3 is 2.50 bits per heavy atom. The molecule has 190 valence electrons. The van der Waals surface area contributed by atoms with Gasteiger partial charge in [0.25, 0.3) is 0 Å². The van der Waals surface area contributed by atoms with E-state index in [0.717, 1.165) is 44.3 Å². The first kappa shape index (κ1) is 24.6. The first-order valence-corrected chi connectivity index (χ1v) is 14.1. The highest BCUT2D eigenvalue weighted by Crippen LogP contribution is 2.69. The number of fused-ring (bicyclic) bond motifs is 8. The standard InChI is InChI=1S/C28H41NO3.C2H6/c1-25(2)9-10-28(16-30)8-6-19-24(20(28)14-25)21(31)12-23-26(19,3)7-5-18-11-22-17(15-29-32-22)13-27(18,23)4;1-2/h12,15,18-21,24,30-31H,5-11,13-14,16H2,1-4H3;1-2H3. The van der Waals surface area contributed by atoms with Crippen LogP contribution in [0.2, 0.25) is 0 Å². The molecule has 8 atom stereocenters. The smallest absolute Gasteiger partial charge is 0.140 e. The lowest BCUT2D eigenvalue weighted by Gasteiger charge is -2.65. The molecule has 2 N–H and O–H groups in total. The molecule has 34 heavy (non-hydrogen) atoms. The molecule has 0 radical (unpaired) electrons. The van der Waals surface area contributed by atoms with Gasteiger partial charge in [-0.15, -0.1) is 0 Å². The minimum atomic E-state index is -0.396. The van der Waals surface area contributed by atoms with Crippen molar-refractivity contribution in [2.45, 2.75) is 105 Å². The van der Waals surface area contributed by atoms with Crippen molar-refractivity contribution < 1.29 is 14.7 Å². The lowest BCUT2D eigenvalue weighted by atomic mass is 9.39. The van der Waals surface area contributed by atoms with E-state index in [0.29, 0.717) is 23.2 Å². The Bertz CT molecular complexity index is 949. The Labute approximate surface area is 206 Å². The SMILES string of the molecule is CC.CC1(C)CCC2(CO)CCC3C(C(O)C=C4C5(C)Cc6cnoc6CC5CCC43C)C2C1. The third-order valence-corrected chi connectivity index (χ3v) is 11.5. The highest BCUT2D eigenvalue weighted by molar-refractivity contribution is 5.38. The second-order valence-corrected chi connectivity index (χ2v) is 13.5. The molecule has 5 aliphatic carbocycles. The maximum Gasteiger partial charge on any atom is 0.140 e. The molecule has 4 heteroatoms. The number of hydrogen-bond acceptors (Lipinski definition) is 4. The van der Waals surface area contributed by atoms with Gasteiger partial charge in [-0.25, -0.2) is 0 Å². The van der Waals surface area contributed by atoms with E-state index in [4.69, 9.17) is 4.52 Å². The fourth-order valence-corrected chi connectivity index (χ4v) is 9.58. The van der Waals surface area contributed by atoms with E-state index in [2.05, 4.69) is 38.9 Å². The van der Waals surface area contributed by atoms with Gasteiger partial charge in [-0.2, -0.15) is 0 Å². The zero-order chi connectivity index (χ0) is 24.5. The molecule has 1 aromatic rings. The number of allylic oxidation sites excluding steroid dienone is 1. The van der Waals surface area contributed by atoms with Crippen LogP contribution in [0.3, 0.4) is 0 Å². The predicted molar refractivity (Wildman–Crippen MR) is 135 cm³/mol. The molecule has 0 aromatic carbocycles. The summed E-state index contributed by atoms with van der Waals surface area (Å²) in [4.78, 5) is 0. The van der Waals surface area contributed by atoms with Crippen molar-refractivity contribution in [1.82, 2.24) is 5.16 Å². The van der Waals surface area contributed by atoms with E-state index in [1.54, 1.807) is 0 Å². The molecule has 3 fully saturated rings. The molecule has 0 amide bonds. The van der Waals surface area contributed by atoms with Gasteiger partial charge in [0.2, 0.25) is 0 Å². The number of aliphatic hydroxyl groups is 2. The van der Waals surface area contributed by atoms with E-state index in [1.165, 1.54) is 30.4 Å². The van der Waals surface area contributed by atoms with Crippen molar-refractivity contribution in [3.05, 3.63) is 29.2 Å². The van der Waals surface area contributed by atoms with Crippen molar-refractivity contribution in [2.24, 2.45) is 45.3 Å². The molecule has 0 aliphatic heterocycles. The fourth-order valence-electron chi connectivity index (χ4n) is 9.58. The van der Waals surface area contributed by atoms with Gasteiger partial charge in [-0.3, -0.25) is 0 Å². The van der Waals surface area contributed by atoms with Gasteiger partial charge in [0.1, 0.15) is 5.76 Å². The molecule has 1 aromatic heterocycles. The Hall–Kier alpha value is -1.13. The molecule has 0 bridgehead atoms. The van der Waals surface area contributed by atoms with Crippen LogP contribution in [0, 0.1) is 45.3 Å². The van der Waals surface area contributed by atoms with Gasteiger partial charge in [-0.05, 0) is 96.7 Å². The number of aliphatic hydroxyl groups excluding tert-OH is 2. The van der Waals surface area contributed by atoms with Crippen molar-refractivity contribution in [3.63, 3.8) is 0 Å². The molecule has 8 unspecified atom stereocenters. The average Bonchev–Trinajstić information content (AvgIpc) is 3.26. The van der Waals surface area contributed by atoms with E-state index in [1.807, 2.05) is 20.0 Å². The highest BCUT2D eigenvalue weighted by Gasteiger charge is 2.63. The maximum absolute atomic E-state index is 11.7. The quantitative estimate of drug-likeness (QED) is 0.470. The minimum absolute atomic E-state index is 0.0165. The van der Waals surface area contributed by atoms with Crippen LogP contribution in [0.1, 0.15) is 97.8 Å². The van der Waals surface area contributed by atoms with E-state index in [-0.39, 0.29) is 28.8 Å². The van der Waals surface area contributed by atoms with Crippen LogP contribution < -0.4 is 0 Å². The van der Waals surface area contributed by atoms with Gasteiger partial charge >= 0.3 is 0 Å². The van der Waals surface area contributed by atoms with Crippen LogP contribution in [-0.4, -0.2) is 28.1 Å². The predicted octanol–water partition coefficient (Wildman–Crippen LogP) is 6.35. The minimum Gasteiger partial charge on any atom is -0.396 e. The Morgan fingerprint density at radius 2 is 1.76 bits per heavy atom. The van der Waals surface area contributed by atoms with Crippen molar-refractivity contribution in [2.75, 3.05) is 6.61 Å². The molecular weight excluding hydrogens is 422 g/mol. The molecule has 3 saturated carbocycles. The molecule has 1 heterocycles. The largest absolute Gasteiger partial charge is 0.396 e. The number of rotatable bonds is 1. The molecule has 4 nitrogen and oxygen atoms in total. The summed E-state index contributed by atoms with van der Waals surface area (Å²) in [5.41, 5.74) is 3.33. The molecular formula is C30H47NO3. The Morgan fingerprint density at radius 1 is 1.00 bits per heavy atom. The van der Waals surface area contributed by atoms with Crippen LogP contribution >= 0.6 is 0 Å². The Kier molecular flexibility index (Phi) is 5.92. The average molecular weight is 470 g/mol. The van der Waals surface area contributed by atoms with Crippen molar-refractivity contribution in [3.8, 4) is 0 Å². The third kappa shape index (κ3) is 3.34. The normalized spacial score (nSPS) is 46.4. The highest BCUT2D eigenvalue weighted by atomic mass is 16.5. The molecule has 0 spiro atoms. The number of nitrogens with zero attached hydrogens (tertiary/aromatic N) is 1. The van der Waals surface area contributed by atoms with Crippen LogP contribution in [0.15, 0.2) is 22.4 Å². The summed E-state index contributed by atoms with van der Waals surface area (Å²) in [5.74, 6) is 2.86. The van der Waals surface area contributed by atoms with Gasteiger partial charge in [0.05, 0.1) is 12.3 Å². The molecule has 0 saturated heterocycles. The zero-order valence-corrected chi connectivity index (χ0v) is 22.4. The van der Waals surface area contributed by atoms with Crippen LogP contribution in [0.5, 0.6) is 0 Å². The first-order valence-electron chi connectivity index (χ1n) is 14.1. The van der Waals surface area contributed by atoms with Crippen LogP contribution in [-0.2, 0) is 12.8 Å². The summed E-state index contributed by atoms with van der Waals surface area (Å²) < 4.78 is 5.58. The van der Waals surface area contributed by atoms with E-state index >= 15 is 0 Å². The summed E-state index contributed by atoms with van der Waals surface area (Å²) in [6, 6.07) is 0. The number of aromatic nitrogens is 1. The fraction of sp³-hybridized carbons (Fsp3) is 0.833. The lowest BCUT2D eigenvalue weighted by Crippen LogP contribution is -2.61. The summed E-state index contributed by atoms with van der Waals surface area (Å²) in [7, 11) is 0. The second-order valence-electron chi connectivity index (χ2n) is 13.5. The van der Waals surface area contributed by atoms with Crippen LogP contribution in [0.4, 0.5) is 0 Å². The van der Waals surface area contributed by atoms with Crippen LogP contribution in [0.25, 0.3) is 0 Å². The zero-order valence-electron chi connectivity index (χ0n) is 22.4. The summed E-state index contributed by atoms with van der Waals surface area (Å²) >= 11 is 0. The van der Waals surface area contributed by atoms with Gasteiger partial charge < -0.3 is 14.7 Å². The topological polar surface area (TPSA) is 66.5 Å². The summed E-state index contributed by atoms with van der Waals surface area (Å²) in [6.07, 6.45) is 13.9. The first-order chi connectivity index (χ1) is 16.1. The molecule has 5 aliphatic rings.